The summed E-state index contributed by atoms with van der Waals surface area (Å²) in [5.41, 5.74) is 1.03. The zero-order valence-electron chi connectivity index (χ0n) is 11.6. The molecule has 9 heteroatoms. The molecule has 0 saturated carbocycles. The fraction of sp³-hybridized carbons (Fsp3) is 0.0714. The van der Waals surface area contributed by atoms with E-state index in [1.165, 1.54) is 30.3 Å². The summed E-state index contributed by atoms with van der Waals surface area (Å²) in [7, 11) is -4.12. The molecule has 23 heavy (non-hydrogen) atoms. The fourth-order valence-electron chi connectivity index (χ4n) is 2.34. The van der Waals surface area contributed by atoms with Crippen LogP contribution in [0.15, 0.2) is 47.4 Å². The van der Waals surface area contributed by atoms with Crippen LogP contribution in [0.25, 0.3) is 0 Å². The quantitative estimate of drug-likeness (QED) is 0.654. The minimum atomic E-state index is -4.12. The molecule has 0 saturated heterocycles. The van der Waals surface area contributed by atoms with Crippen LogP contribution in [0.1, 0.15) is 5.56 Å². The fourth-order valence-corrected chi connectivity index (χ4v) is 3.56. The normalized spacial score (nSPS) is 13.3. The van der Waals surface area contributed by atoms with Gasteiger partial charge in [-0.1, -0.05) is 12.1 Å². The van der Waals surface area contributed by atoms with Crippen molar-refractivity contribution in [1.29, 1.82) is 0 Å². The van der Waals surface area contributed by atoms with E-state index in [0.29, 0.717) is 11.3 Å². The van der Waals surface area contributed by atoms with Crippen molar-refractivity contribution in [3.05, 3.63) is 58.1 Å². The van der Waals surface area contributed by atoms with E-state index in [1.54, 1.807) is 6.07 Å². The van der Waals surface area contributed by atoms with Crippen LogP contribution in [0.3, 0.4) is 0 Å². The minimum Gasteiger partial charge on any atom is -0.326 e. The van der Waals surface area contributed by atoms with Gasteiger partial charge in [0.25, 0.3) is 15.7 Å². The lowest BCUT2D eigenvalue weighted by molar-refractivity contribution is -0.387. The van der Waals surface area contributed by atoms with Crippen molar-refractivity contribution in [3.63, 3.8) is 0 Å². The van der Waals surface area contributed by atoms with Crippen LogP contribution in [0, 0.1) is 10.1 Å². The van der Waals surface area contributed by atoms with E-state index in [9.17, 15) is 23.3 Å². The number of carbonyl (C=O) groups is 1. The molecule has 2 N–H and O–H groups in total. The number of anilines is 2. The molecule has 1 heterocycles. The van der Waals surface area contributed by atoms with Gasteiger partial charge in [0.2, 0.25) is 5.91 Å². The van der Waals surface area contributed by atoms with Crippen LogP contribution in [-0.4, -0.2) is 19.2 Å². The lowest BCUT2D eigenvalue weighted by atomic mass is 10.1. The van der Waals surface area contributed by atoms with Crippen molar-refractivity contribution in [2.75, 3.05) is 10.0 Å². The molecule has 0 unspecified atom stereocenters. The average molecular weight is 333 g/mol. The first-order valence-corrected chi connectivity index (χ1v) is 8.04. The molecule has 2 aromatic carbocycles. The Kier molecular flexibility index (Phi) is 3.49. The number of rotatable bonds is 4. The first-order chi connectivity index (χ1) is 10.9. The molecule has 118 valence electrons. The number of para-hydroxylation sites is 1. The summed E-state index contributed by atoms with van der Waals surface area (Å²) in [5.74, 6) is -0.168. The standard InChI is InChI=1S/C14H11N3O5S/c18-14-8-9-7-10(5-6-11(9)15-14)16-23(21,22)13-4-2-1-3-12(13)17(19)20/h1-7,16H,8H2,(H,15,18). The molecule has 0 atom stereocenters. The molecule has 1 aliphatic rings. The second-order valence-electron chi connectivity index (χ2n) is 4.93. The Hall–Kier alpha value is -2.94. The number of nitro benzene ring substituents is 1. The van der Waals surface area contributed by atoms with Crippen molar-refractivity contribution < 1.29 is 18.1 Å². The minimum absolute atomic E-state index is 0.163. The molecule has 0 bridgehead atoms. The highest BCUT2D eigenvalue weighted by Gasteiger charge is 2.26. The predicted octanol–water partition coefficient (Wildman–Crippen LogP) is 1.89. The molecule has 1 amide bonds. The largest absolute Gasteiger partial charge is 0.326 e. The number of fused-ring (bicyclic) bond motifs is 1. The van der Waals surface area contributed by atoms with E-state index >= 15 is 0 Å². The average Bonchev–Trinajstić information content (AvgIpc) is 2.86. The van der Waals surface area contributed by atoms with Gasteiger partial charge < -0.3 is 5.32 Å². The predicted molar refractivity (Wildman–Crippen MR) is 82.7 cm³/mol. The highest BCUT2D eigenvalue weighted by atomic mass is 32.2. The molecule has 0 spiro atoms. The van der Waals surface area contributed by atoms with Crippen molar-refractivity contribution >= 4 is 33.0 Å². The van der Waals surface area contributed by atoms with Crippen molar-refractivity contribution in [2.24, 2.45) is 0 Å². The number of hydrogen-bond donors (Lipinski definition) is 2. The summed E-state index contributed by atoms with van der Waals surface area (Å²) in [4.78, 5) is 21.1. The third-order valence-electron chi connectivity index (χ3n) is 3.33. The maximum Gasteiger partial charge on any atom is 0.289 e. The number of amides is 1. The van der Waals surface area contributed by atoms with E-state index in [1.807, 2.05) is 0 Å². The summed E-state index contributed by atoms with van der Waals surface area (Å²) >= 11 is 0. The number of carbonyl (C=O) groups excluding carboxylic acids is 1. The molecule has 0 aliphatic carbocycles. The molecular weight excluding hydrogens is 322 g/mol. The summed E-state index contributed by atoms with van der Waals surface area (Å²) < 4.78 is 27.1. The smallest absolute Gasteiger partial charge is 0.289 e. The number of nitrogens with zero attached hydrogens (tertiary/aromatic N) is 1. The summed E-state index contributed by atoms with van der Waals surface area (Å²) in [6, 6.07) is 9.68. The van der Waals surface area contributed by atoms with Gasteiger partial charge >= 0.3 is 0 Å². The lowest BCUT2D eigenvalue weighted by Gasteiger charge is -2.09. The summed E-state index contributed by atoms with van der Waals surface area (Å²) in [5, 5.41) is 13.6. The van der Waals surface area contributed by atoms with Crippen LogP contribution < -0.4 is 10.0 Å². The highest BCUT2D eigenvalue weighted by molar-refractivity contribution is 7.92. The van der Waals surface area contributed by atoms with Crippen LogP contribution >= 0.6 is 0 Å². The zero-order valence-corrected chi connectivity index (χ0v) is 12.5. The lowest BCUT2D eigenvalue weighted by Crippen LogP contribution is -2.14. The van der Waals surface area contributed by atoms with Crippen molar-refractivity contribution in [3.8, 4) is 0 Å². The Morgan fingerprint density at radius 1 is 1.17 bits per heavy atom. The maximum absolute atomic E-state index is 12.4. The topological polar surface area (TPSA) is 118 Å². The van der Waals surface area contributed by atoms with Gasteiger partial charge in [-0.2, -0.15) is 0 Å². The van der Waals surface area contributed by atoms with Gasteiger partial charge in [-0.3, -0.25) is 19.6 Å². The molecule has 3 rings (SSSR count). The summed E-state index contributed by atoms with van der Waals surface area (Å²) in [6.45, 7) is 0. The molecular formula is C14H11N3O5S. The second kappa shape index (κ2) is 5.36. The van der Waals surface area contributed by atoms with Gasteiger partial charge in [-0.15, -0.1) is 0 Å². The number of hydrogen-bond acceptors (Lipinski definition) is 5. The van der Waals surface area contributed by atoms with Gasteiger partial charge in [-0.05, 0) is 29.8 Å². The number of benzene rings is 2. The van der Waals surface area contributed by atoms with Crippen molar-refractivity contribution in [2.45, 2.75) is 11.3 Å². The Balaban J connectivity index is 1.95. The SMILES string of the molecule is O=C1Cc2cc(NS(=O)(=O)c3ccccc3[N+](=O)[O-])ccc2N1. The third kappa shape index (κ3) is 2.86. The first-order valence-electron chi connectivity index (χ1n) is 6.56. The molecule has 0 fully saturated rings. The zero-order chi connectivity index (χ0) is 16.6. The van der Waals surface area contributed by atoms with Gasteiger partial charge in [0.15, 0.2) is 4.90 Å². The van der Waals surface area contributed by atoms with Gasteiger partial charge in [0.1, 0.15) is 0 Å². The number of sulfonamides is 1. The van der Waals surface area contributed by atoms with E-state index in [2.05, 4.69) is 10.0 Å². The Labute approximate surface area is 131 Å². The van der Waals surface area contributed by atoms with E-state index in [4.69, 9.17) is 0 Å². The summed E-state index contributed by atoms with van der Waals surface area (Å²) in [6.07, 6.45) is 0.163. The van der Waals surface area contributed by atoms with Crippen LogP contribution in [0.4, 0.5) is 17.1 Å². The number of nitrogens with one attached hydrogen (secondary N) is 2. The molecule has 2 aromatic rings. The van der Waals surface area contributed by atoms with Crippen LogP contribution in [-0.2, 0) is 21.2 Å². The molecule has 0 radical (unpaired) electrons. The Bertz CT molecular complexity index is 924. The highest BCUT2D eigenvalue weighted by Crippen LogP contribution is 2.29. The Morgan fingerprint density at radius 3 is 2.65 bits per heavy atom. The Morgan fingerprint density at radius 2 is 1.91 bits per heavy atom. The second-order valence-corrected chi connectivity index (χ2v) is 6.58. The monoisotopic (exact) mass is 333 g/mol. The molecule has 1 aliphatic heterocycles. The van der Waals surface area contributed by atoms with Gasteiger partial charge in [-0.25, -0.2) is 8.42 Å². The van der Waals surface area contributed by atoms with E-state index < -0.39 is 25.5 Å². The maximum atomic E-state index is 12.4. The molecule has 0 aromatic heterocycles. The van der Waals surface area contributed by atoms with Gasteiger partial charge in [0, 0.05) is 17.4 Å². The van der Waals surface area contributed by atoms with Crippen LogP contribution in [0.2, 0.25) is 0 Å². The van der Waals surface area contributed by atoms with Crippen LogP contribution in [0.5, 0.6) is 0 Å². The van der Waals surface area contributed by atoms with Crippen molar-refractivity contribution in [1.82, 2.24) is 0 Å². The third-order valence-corrected chi connectivity index (χ3v) is 4.76. The van der Waals surface area contributed by atoms with Gasteiger partial charge in [0.05, 0.1) is 11.3 Å². The van der Waals surface area contributed by atoms with E-state index in [-0.39, 0.29) is 18.0 Å². The first kappa shape index (κ1) is 15.0. The van der Waals surface area contributed by atoms with E-state index in [0.717, 1.165) is 6.07 Å². The molecule has 8 nitrogen and oxygen atoms in total. The number of nitro groups is 1.